The van der Waals surface area contributed by atoms with Gasteiger partial charge in [-0.1, -0.05) is 13.3 Å². The lowest BCUT2D eigenvalue weighted by Crippen LogP contribution is -2.49. The summed E-state index contributed by atoms with van der Waals surface area (Å²) in [6, 6.07) is -0.0683. The van der Waals surface area contributed by atoms with Crippen molar-refractivity contribution in [3.63, 3.8) is 0 Å². The maximum absolute atomic E-state index is 11.9. The molecule has 0 radical (unpaired) electrons. The molecule has 1 saturated heterocycles. The Balaban J connectivity index is 2.34. The molecule has 1 amide bonds. The van der Waals surface area contributed by atoms with Crippen molar-refractivity contribution in [3.05, 3.63) is 0 Å². The van der Waals surface area contributed by atoms with Crippen molar-refractivity contribution in [2.24, 2.45) is 5.92 Å². The van der Waals surface area contributed by atoms with E-state index in [0.29, 0.717) is 5.92 Å². The van der Waals surface area contributed by atoms with Crippen LogP contribution in [0.2, 0.25) is 0 Å². The van der Waals surface area contributed by atoms with Gasteiger partial charge in [-0.05, 0) is 38.6 Å². The Bertz CT molecular complexity index is 233. The average molecular weight is 242 g/mol. The fourth-order valence-electron chi connectivity index (χ4n) is 2.30. The molecule has 2 atom stereocenters. The molecule has 1 aliphatic rings. The summed E-state index contributed by atoms with van der Waals surface area (Å²) in [6.07, 6.45) is 4.30. The number of rotatable bonds is 6. The molecule has 1 fully saturated rings. The molecule has 1 aliphatic heterocycles. The van der Waals surface area contributed by atoms with Crippen LogP contribution >= 0.6 is 0 Å². The van der Waals surface area contributed by atoms with Crippen LogP contribution in [0.4, 0.5) is 0 Å². The van der Waals surface area contributed by atoms with Crippen molar-refractivity contribution in [1.82, 2.24) is 10.2 Å². The topological polar surface area (TPSA) is 52.6 Å². The zero-order valence-corrected chi connectivity index (χ0v) is 11.1. The van der Waals surface area contributed by atoms with Gasteiger partial charge in [-0.15, -0.1) is 0 Å². The first kappa shape index (κ1) is 14.5. The maximum Gasteiger partial charge on any atom is 0.237 e. The predicted octanol–water partition coefficient (Wildman–Crippen LogP) is 0.995. The van der Waals surface area contributed by atoms with Gasteiger partial charge in [0.25, 0.3) is 0 Å². The highest BCUT2D eigenvalue weighted by atomic mass is 16.3. The largest absolute Gasteiger partial charge is 0.396 e. The van der Waals surface area contributed by atoms with Gasteiger partial charge in [0.2, 0.25) is 5.91 Å². The highest BCUT2D eigenvalue weighted by Gasteiger charge is 2.26. The van der Waals surface area contributed by atoms with Crippen LogP contribution < -0.4 is 5.32 Å². The number of piperidine rings is 1. The Morgan fingerprint density at radius 2 is 2.35 bits per heavy atom. The summed E-state index contributed by atoms with van der Waals surface area (Å²) in [5.74, 6) is 0.465. The fourth-order valence-corrected chi connectivity index (χ4v) is 2.30. The summed E-state index contributed by atoms with van der Waals surface area (Å²) in [4.78, 5) is 14.1. The molecule has 0 aliphatic carbocycles. The molecule has 2 unspecified atom stereocenters. The van der Waals surface area contributed by atoms with Crippen LogP contribution in [-0.2, 0) is 4.79 Å². The van der Waals surface area contributed by atoms with Crippen molar-refractivity contribution < 1.29 is 9.90 Å². The fraction of sp³-hybridized carbons (Fsp3) is 0.923. The Kier molecular flexibility index (Phi) is 6.52. The summed E-state index contributed by atoms with van der Waals surface area (Å²) < 4.78 is 0. The number of carbonyl (C=O) groups is 1. The quantitative estimate of drug-likeness (QED) is 0.683. The molecule has 100 valence electrons. The number of nitrogens with zero attached hydrogens (tertiary/aromatic N) is 1. The molecular weight excluding hydrogens is 216 g/mol. The van der Waals surface area contributed by atoms with Crippen molar-refractivity contribution in [1.29, 1.82) is 0 Å². The first-order chi connectivity index (χ1) is 8.19. The minimum absolute atomic E-state index is 0.0683. The molecule has 0 spiro atoms. The third kappa shape index (κ3) is 4.64. The Morgan fingerprint density at radius 3 is 3.00 bits per heavy atom. The van der Waals surface area contributed by atoms with Crippen LogP contribution in [0.5, 0.6) is 0 Å². The number of likely N-dealkylation sites (tertiary alicyclic amines) is 1. The third-order valence-electron chi connectivity index (χ3n) is 3.57. The smallest absolute Gasteiger partial charge is 0.237 e. The molecule has 2 N–H and O–H groups in total. The minimum Gasteiger partial charge on any atom is -0.396 e. The van der Waals surface area contributed by atoms with Crippen molar-refractivity contribution in [2.75, 3.05) is 26.2 Å². The van der Waals surface area contributed by atoms with E-state index in [4.69, 9.17) is 0 Å². The molecular formula is C13H26N2O2. The number of amides is 1. The van der Waals surface area contributed by atoms with Gasteiger partial charge in [-0.3, -0.25) is 9.69 Å². The first-order valence-corrected chi connectivity index (χ1v) is 6.81. The number of unbranched alkanes of at least 4 members (excludes halogenated alkanes) is 1. The van der Waals surface area contributed by atoms with E-state index in [2.05, 4.69) is 17.1 Å². The van der Waals surface area contributed by atoms with Gasteiger partial charge >= 0.3 is 0 Å². The normalized spacial score (nSPS) is 23.4. The van der Waals surface area contributed by atoms with Crippen LogP contribution in [0, 0.1) is 5.92 Å². The summed E-state index contributed by atoms with van der Waals surface area (Å²) >= 11 is 0. The van der Waals surface area contributed by atoms with E-state index in [1.807, 2.05) is 6.92 Å². The minimum atomic E-state index is -0.0683. The number of hydrogen-bond acceptors (Lipinski definition) is 3. The maximum atomic E-state index is 11.9. The van der Waals surface area contributed by atoms with Crippen molar-refractivity contribution in [2.45, 2.75) is 45.6 Å². The molecule has 0 aromatic carbocycles. The standard InChI is InChI=1S/C13H26N2O2/c1-3-4-7-14-13(17)11(2)15-8-5-6-12(9-15)10-16/h11-12,16H,3-10H2,1-2H3,(H,14,17). The second-order valence-corrected chi connectivity index (χ2v) is 5.01. The third-order valence-corrected chi connectivity index (χ3v) is 3.57. The SMILES string of the molecule is CCCCNC(=O)C(C)N1CCCC(CO)C1. The number of hydrogen-bond donors (Lipinski definition) is 2. The molecule has 17 heavy (non-hydrogen) atoms. The van der Waals surface area contributed by atoms with Crippen molar-refractivity contribution in [3.8, 4) is 0 Å². The van der Waals surface area contributed by atoms with Crippen LogP contribution in [0.15, 0.2) is 0 Å². The second kappa shape index (κ2) is 7.67. The van der Waals surface area contributed by atoms with Gasteiger partial charge in [0.05, 0.1) is 6.04 Å². The Hall–Kier alpha value is -0.610. The molecule has 4 nitrogen and oxygen atoms in total. The summed E-state index contributed by atoms with van der Waals surface area (Å²) in [5, 5.41) is 12.1. The zero-order valence-electron chi connectivity index (χ0n) is 11.1. The van der Waals surface area contributed by atoms with Gasteiger partial charge in [-0.25, -0.2) is 0 Å². The number of aliphatic hydroxyl groups excluding tert-OH is 1. The van der Waals surface area contributed by atoms with Gasteiger partial charge in [0.15, 0.2) is 0 Å². The Morgan fingerprint density at radius 1 is 1.59 bits per heavy atom. The Labute approximate surface area is 104 Å². The lowest BCUT2D eigenvalue weighted by molar-refractivity contribution is -0.126. The molecule has 0 saturated carbocycles. The van der Waals surface area contributed by atoms with E-state index in [0.717, 1.165) is 45.3 Å². The molecule has 0 bridgehead atoms. The molecule has 0 aromatic heterocycles. The van der Waals surface area contributed by atoms with Gasteiger partial charge < -0.3 is 10.4 Å². The lowest BCUT2D eigenvalue weighted by Gasteiger charge is -2.35. The molecule has 0 aromatic rings. The van der Waals surface area contributed by atoms with E-state index in [1.54, 1.807) is 0 Å². The van der Waals surface area contributed by atoms with Crippen molar-refractivity contribution >= 4 is 5.91 Å². The zero-order chi connectivity index (χ0) is 12.7. The molecule has 1 rings (SSSR count). The van der Waals surface area contributed by atoms with Gasteiger partial charge in [-0.2, -0.15) is 0 Å². The monoisotopic (exact) mass is 242 g/mol. The predicted molar refractivity (Wildman–Crippen MR) is 68.8 cm³/mol. The van der Waals surface area contributed by atoms with E-state index < -0.39 is 0 Å². The van der Waals surface area contributed by atoms with Gasteiger partial charge in [0, 0.05) is 19.7 Å². The number of nitrogens with one attached hydrogen (secondary N) is 1. The van der Waals surface area contributed by atoms with Crippen LogP contribution in [0.1, 0.15) is 39.5 Å². The lowest BCUT2D eigenvalue weighted by atomic mass is 9.97. The van der Waals surface area contributed by atoms with Crippen LogP contribution in [0.3, 0.4) is 0 Å². The van der Waals surface area contributed by atoms with E-state index in [-0.39, 0.29) is 18.6 Å². The molecule has 1 heterocycles. The van der Waals surface area contributed by atoms with Crippen LogP contribution in [-0.4, -0.2) is 48.2 Å². The van der Waals surface area contributed by atoms with Gasteiger partial charge in [0.1, 0.15) is 0 Å². The average Bonchev–Trinajstić information content (AvgIpc) is 2.38. The van der Waals surface area contributed by atoms with E-state index in [1.165, 1.54) is 0 Å². The van der Waals surface area contributed by atoms with Crippen LogP contribution in [0.25, 0.3) is 0 Å². The summed E-state index contributed by atoms with van der Waals surface area (Å²) in [6.45, 7) is 6.91. The number of carbonyl (C=O) groups excluding carboxylic acids is 1. The summed E-state index contributed by atoms with van der Waals surface area (Å²) in [5.41, 5.74) is 0. The highest BCUT2D eigenvalue weighted by Crippen LogP contribution is 2.17. The van der Waals surface area contributed by atoms with E-state index in [9.17, 15) is 9.90 Å². The number of aliphatic hydroxyl groups is 1. The van der Waals surface area contributed by atoms with E-state index >= 15 is 0 Å². The first-order valence-electron chi connectivity index (χ1n) is 6.81. The highest BCUT2D eigenvalue weighted by molar-refractivity contribution is 5.81. The summed E-state index contributed by atoms with van der Waals surface area (Å²) in [7, 11) is 0. The second-order valence-electron chi connectivity index (χ2n) is 5.01. The molecule has 4 heteroatoms.